The summed E-state index contributed by atoms with van der Waals surface area (Å²) in [6.07, 6.45) is 25.6. The molecule has 8 atom stereocenters. The first-order chi connectivity index (χ1) is 19.8. The Morgan fingerprint density at radius 1 is 0.175 bits per heavy atom. The molecular weight excluding hydrogens is 915 g/mol. The summed E-state index contributed by atoms with van der Waals surface area (Å²) in [4.78, 5) is 0. The van der Waals surface area contributed by atoms with Gasteiger partial charge in [-0.15, -0.1) is 0 Å². The quantitative estimate of drug-likeness (QED) is 0.174. The molecule has 0 aromatic heterocycles. The Morgan fingerprint density at radius 3 is 0.351 bits per heavy atom. The molecule has 9 aliphatic rings. The van der Waals surface area contributed by atoms with Crippen LogP contribution >= 0.6 is 0 Å². The summed E-state index contributed by atoms with van der Waals surface area (Å²) in [7, 11) is 0. The monoisotopic (exact) mass is 990 g/mol. The average Bonchev–Trinajstić information content (AvgIpc) is 3.73. The van der Waals surface area contributed by atoms with E-state index in [1.54, 1.807) is 0 Å². The van der Waals surface area contributed by atoms with Crippen LogP contribution in [0.4, 0.5) is 75.3 Å². The van der Waals surface area contributed by atoms with Gasteiger partial charge in [0.1, 0.15) is 0 Å². The van der Waals surface area contributed by atoms with Crippen molar-refractivity contribution in [3.8, 4) is 0 Å². The van der Waals surface area contributed by atoms with Crippen LogP contribution in [0.1, 0.15) is 103 Å². The van der Waals surface area contributed by atoms with E-state index in [9.17, 15) is 0 Å². The maximum atomic E-state index is 4.26. The van der Waals surface area contributed by atoms with Crippen molar-refractivity contribution in [2.45, 2.75) is 152 Å². The first-order valence-corrected chi connectivity index (χ1v) is 17.9. The van der Waals surface area contributed by atoms with Crippen LogP contribution in [0.15, 0.2) is 0 Å². The van der Waals surface area contributed by atoms with E-state index in [4.69, 9.17) is 0 Å². The summed E-state index contributed by atoms with van der Waals surface area (Å²) in [6, 6.07) is 0. The fourth-order valence-corrected chi connectivity index (χ4v) is 12.0. The van der Waals surface area contributed by atoms with Crippen molar-refractivity contribution in [1.29, 1.82) is 0 Å². The number of halogens is 16. The number of fused-ring (bicyclic) bond motifs is 20. The molecule has 0 radical (unpaired) electrons. The van der Waals surface area contributed by atoms with Gasteiger partial charge in [0, 0.05) is 0 Å². The van der Waals surface area contributed by atoms with Gasteiger partial charge in [-0.3, -0.25) is 118 Å². The van der Waals surface area contributed by atoms with Crippen LogP contribution in [0.5, 0.6) is 0 Å². The second-order valence-electron chi connectivity index (χ2n) is 15.6. The average molecular weight is 991 g/mol. The molecule has 5 heterocycles. The summed E-state index contributed by atoms with van der Waals surface area (Å²) in [5, 5.41) is 33.8. The normalized spacial score (nSPS) is 40.4. The zero-order valence-corrected chi connectivity index (χ0v) is 31.1. The molecular formula is C32H75F16InN8. The van der Waals surface area contributed by atoms with Gasteiger partial charge in [0.05, 0.1) is 49.3 Å². The summed E-state index contributed by atoms with van der Waals surface area (Å²) < 4.78 is 0. The summed E-state index contributed by atoms with van der Waals surface area (Å²) in [5.74, 6) is 5.97. The summed E-state index contributed by atoms with van der Waals surface area (Å²) >= 11 is 0. The Morgan fingerprint density at radius 2 is 0.263 bits per heavy atom. The van der Waals surface area contributed by atoms with Crippen molar-refractivity contribution in [3.63, 3.8) is 0 Å². The van der Waals surface area contributed by atoms with E-state index in [2.05, 4.69) is 42.5 Å². The van der Waals surface area contributed by atoms with Crippen molar-refractivity contribution in [3.05, 3.63) is 0 Å². The van der Waals surface area contributed by atoms with Gasteiger partial charge in [0.25, 0.3) is 0 Å². The minimum absolute atomic E-state index is 0. The molecule has 8 bridgehead atoms. The standard InChI is InChI=1S/C32H56N8.16FH.In.3H/c1-2-10-18-17(9-1)25-33-26(18)38-28-21-13-5-6-14-22(21)30(35-28)40-32-24-16-8-7-15-23(24)31(36-32)39-29-20-12-4-3-11-19(20)27(34-29)37-25;;;;;;;;;;;;;;;;;;;;/h17-40H,1-16H2;16*1H;;;;. The number of hydrogen-bond acceptors (Lipinski definition) is 8. The van der Waals surface area contributed by atoms with Gasteiger partial charge in [-0.1, -0.05) is 51.4 Å². The fraction of sp³-hybridized carbons (Fsp3) is 1.00. The van der Waals surface area contributed by atoms with Gasteiger partial charge < -0.3 is 0 Å². The Kier molecular flexibility index (Phi) is 43.5. The molecule has 4 saturated carbocycles. The fourth-order valence-electron chi connectivity index (χ4n) is 12.0. The molecule has 0 aromatic carbocycles. The van der Waals surface area contributed by atoms with Crippen LogP contribution in [0.2, 0.25) is 0 Å². The molecule has 0 amide bonds. The number of hydrogen-bond donors (Lipinski definition) is 8. The third kappa shape index (κ3) is 13.7. The third-order valence-electron chi connectivity index (χ3n) is 13.8. The molecule has 9 fully saturated rings. The first-order valence-electron chi connectivity index (χ1n) is 17.9. The number of nitrogens with one attached hydrogen (secondary N) is 8. The van der Waals surface area contributed by atoms with Gasteiger partial charge in [-0.25, -0.2) is 0 Å². The van der Waals surface area contributed by atoms with E-state index in [1.807, 2.05) is 0 Å². The van der Waals surface area contributed by atoms with Gasteiger partial charge in [-0.2, -0.15) is 0 Å². The van der Waals surface area contributed by atoms with Crippen LogP contribution in [0, 0.1) is 47.3 Å². The molecule has 9 rings (SSSR count). The summed E-state index contributed by atoms with van der Waals surface area (Å²) in [5.41, 5.74) is 0. The zero-order chi connectivity index (χ0) is 26.2. The van der Waals surface area contributed by atoms with Gasteiger partial charge in [-0.05, 0) is 98.7 Å². The minimum atomic E-state index is 0. The van der Waals surface area contributed by atoms with Crippen LogP contribution in [-0.4, -0.2) is 75.2 Å². The number of rotatable bonds is 0. The van der Waals surface area contributed by atoms with E-state index < -0.39 is 0 Å². The molecule has 5 saturated heterocycles. The van der Waals surface area contributed by atoms with E-state index in [1.165, 1.54) is 103 Å². The molecule has 8 N–H and O–H groups in total. The Bertz CT molecular complexity index is 765. The van der Waals surface area contributed by atoms with E-state index in [-0.39, 0.29) is 101 Å². The molecule has 0 aromatic rings. The molecule has 0 spiro atoms. The van der Waals surface area contributed by atoms with E-state index in [0.717, 1.165) is 47.3 Å². The molecule has 8 unspecified atom stereocenters. The second kappa shape index (κ2) is 32.2. The van der Waals surface area contributed by atoms with Gasteiger partial charge in [0.15, 0.2) is 0 Å². The second-order valence-corrected chi connectivity index (χ2v) is 15.6. The van der Waals surface area contributed by atoms with Crippen molar-refractivity contribution in [1.82, 2.24) is 42.5 Å². The SMILES string of the molecule is C1CCC2C3NC(NC4NC(NC5NC(NC6NC(N3)C3CCCCC63)C3CCCCC53)C3CCCCC43)C2C1.F.F.F.F.F.F.F.F.F.F.F.F.F.F.F.F.[InH3]. The first kappa shape index (κ1) is 77.1. The Hall–Kier alpha value is -0.570. The molecule has 25 heteroatoms. The van der Waals surface area contributed by atoms with Crippen molar-refractivity contribution < 1.29 is 75.3 Å². The molecule has 358 valence electrons. The molecule has 8 nitrogen and oxygen atoms in total. The van der Waals surface area contributed by atoms with Crippen LogP contribution in [-0.2, 0) is 0 Å². The van der Waals surface area contributed by atoms with Crippen molar-refractivity contribution in [2.24, 2.45) is 47.3 Å². The predicted octanol–water partition coefficient (Wildman–Crippen LogP) is 3.86. The van der Waals surface area contributed by atoms with Crippen molar-refractivity contribution >= 4 is 25.8 Å². The molecule has 5 aliphatic heterocycles. The topological polar surface area (TPSA) is 96.2 Å². The zero-order valence-electron chi connectivity index (χ0n) is 31.1. The van der Waals surface area contributed by atoms with Gasteiger partial charge >= 0.3 is 25.8 Å². The Labute approximate surface area is 342 Å². The van der Waals surface area contributed by atoms with Crippen LogP contribution < -0.4 is 42.5 Å². The third-order valence-corrected chi connectivity index (χ3v) is 13.8. The van der Waals surface area contributed by atoms with Crippen LogP contribution in [0.3, 0.4) is 0 Å². The van der Waals surface area contributed by atoms with Crippen molar-refractivity contribution in [2.75, 3.05) is 0 Å². The van der Waals surface area contributed by atoms with Crippen LogP contribution in [0.25, 0.3) is 0 Å². The predicted molar refractivity (Wildman–Crippen MR) is 207 cm³/mol. The Balaban J connectivity index is -0.000000194. The van der Waals surface area contributed by atoms with Gasteiger partial charge in [0.2, 0.25) is 0 Å². The van der Waals surface area contributed by atoms with E-state index in [0.29, 0.717) is 49.3 Å². The maximum absolute atomic E-state index is 4.26. The molecule has 57 heavy (non-hydrogen) atoms. The summed E-state index contributed by atoms with van der Waals surface area (Å²) in [6.45, 7) is 0. The molecule has 4 aliphatic carbocycles. The van der Waals surface area contributed by atoms with E-state index >= 15 is 0 Å².